The van der Waals surface area contributed by atoms with Crippen LogP contribution in [0.5, 0.6) is 5.75 Å². The van der Waals surface area contributed by atoms with Crippen molar-refractivity contribution in [2.75, 3.05) is 17.7 Å². The molecule has 2 aromatic carbocycles. The second-order valence-electron chi connectivity index (χ2n) is 7.04. The van der Waals surface area contributed by atoms with E-state index < -0.39 is 22.0 Å². The smallest absolute Gasteiger partial charge is 0.246 e. The Bertz CT molecular complexity index is 1180. The van der Waals surface area contributed by atoms with Crippen LogP contribution in [0.1, 0.15) is 18.4 Å². The summed E-state index contributed by atoms with van der Waals surface area (Å²) < 4.78 is 36.2. The van der Waals surface area contributed by atoms with E-state index in [1.807, 2.05) is 31.2 Å². The lowest BCUT2D eigenvalue weighted by Crippen LogP contribution is -2.47. The number of anilines is 1. The van der Waals surface area contributed by atoms with Crippen LogP contribution in [0.2, 0.25) is 0 Å². The average Bonchev–Trinajstić information content (AvgIpc) is 3.20. The van der Waals surface area contributed by atoms with Crippen LogP contribution in [-0.2, 0) is 21.4 Å². The molecule has 10 heteroatoms. The van der Waals surface area contributed by atoms with Crippen molar-refractivity contribution in [3.63, 3.8) is 0 Å². The van der Waals surface area contributed by atoms with Gasteiger partial charge in [0.2, 0.25) is 27.6 Å². The first-order chi connectivity index (χ1) is 14.7. The van der Waals surface area contributed by atoms with E-state index in [4.69, 9.17) is 9.26 Å². The number of methoxy groups -OCH3 is 1. The number of hydrogen-bond donors (Lipinski definition) is 1. The van der Waals surface area contributed by atoms with Gasteiger partial charge in [0.1, 0.15) is 11.8 Å². The van der Waals surface area contributed by atoms with Gasteiger partial charge >= 0.3 is 0 Å². The molecule has 0 aliphatic rings. The number of amides is 1. The fourth-order valence-electron chi connectivity index (χ4n) is 3.09. The minimum atomic E-state index is -3.74. The molecule has 1 N–H and O–H groups in total. The number of nitrogens with zero attached hydrogens (tertiary/aromatic N) is 3. The quantitative estimate of drug-likeness (QED) is 0.568. The van der Waals surface area contributed by atoms with Gasteiger partial charge in [-0.1, -0.05) is 35.0 Å². The van der Waals surface area contributed by atoms with E-state index >= 15 is 0 Å². The van der Waals surface area contributed by atoms with Crippen LogP contribution in [0.25, 0.3) is 11.4 Å². The molecule has 1 amide bonds. The maximum atomic E-state index is 12.7. The van der Waals surface area contributed by atoms with Crippen LogP contribution in [0.15, 0.2) is 53.1 Å². The Hall–Kier alpha value is -3.40. The first-order valence-corrected chi connectivity index (χ1v) is 11.3. The number of carbonyl (C=O) groups is 1. The molecule has 0 fully saturated rings. The zero-order valence-electron chi connectivity index (χ0n) is 17.7. The van der Waals surface area contributed by atoms with Gasteiger partial charge in [-0.2, -0.15) is 4.98 Å². The van der Waals surface area contributed by atoms with Crippen LogP contribution in [0.3, 0.4) is 0 Å². The summed E-state index contributed by atoms with van der Waals surface area (Å²) in [7, 11) is -2.26. The molecule has 0 aliphatic heterocycles. The molecule has 0 aliphatic carbocycles. The molecule has 164 valence electrons. The van der Waals surface area contributed by atoms with Crippen LogP contribution < -0.4 is 14.4 Å². The molecule has 3 rings (SSSR count). The van der Waals surface area contributed by atoms with Crippen molar-refractivity contribution in [1.29, 1.82) is 0 Å². The summed E-state index contributed by atoms with van der Waals surface area (Å²) in [4.78, 5) is 17.0. The van der Waals surface area contributed by atoms with Crippen LogP contribution in [-0.4, -0.2) is 43.9 Å². The molecular formula is C21H24N4O5S. The van der Waals surface area contributed by atoms with E-state index in [0.29, 0.717) is 17.3 Å². The summed E-state index contributed by atoms with van der Waals surface area (Å²) >= 11 is 0. The fraction of sp³-hybridized carbons (Fsp3) is 0.286. The van der Waals surface area contributed by atoms with E-state index in [0.717, 1.165) is 21.7 Å². The number of aryl methyl sites for hydroxylation is 1. The average molecular weight is 445 g/mol. The van der Waals surface area contributed by atoms with Gasteiger partial charge in [0.15, 0.2) is 0 Å². The Labute approximate surface area is 181 Å². The molecule has 0 spiro atoms. The summed E-state index contributed by atoms with van der Waals surface area (Å²) in [5, 5.41) is 6.59. The number of nitrogens with one attached hydrogen (secondary N) is 1. The molecule has 3 aromatic rings. The van der Waals surface area contributed by atoms with Crippen molar-refractivity contribution in [3.8, 4) is 17.1 Å². The number of ether oxygens (including phenoxy) is 1. The van der Waals surface area contributed by atoms with Gasteiger partial charge in [-0.3, -0.25) is 9.10 Å². The maximum absolute atomic E-state index is 12.7. The molecular weight excluding hydrogens is 420 g/mol. The number of aromatic nitrogens is 2. The van der Waals surface area contributed by atoms with Crippen molar-refractivity contribution < 1.29 is 22.5 Å². The molecule has 0 saturated carbocycles. The summed E-state index contributed by atoms with van der Waals surface area (Å²) in [5.41, 5.74) is 2.18. The third-order valence-corrected chi connectivity index (χ3v) is 5.80. The lowest BCUT2D eigenvalue weighted by atomic mass is 10.1. The first-order valence-electron chi connectivity index (χ1n) is 9.50. The zero-order valence-corrected chi connectivity index (χ0v) is 18.5. The third kappa shape index (κ3) is 5.40. The molecule has 1 atom stereocenters. The number of sulfonamides is 1. The van der Waals surface area contributed by atoms with E-state index in [1.165, 1.54) is 14.0 Å². The van der Waals surface area contributed by atoms with Gasteiger partial charge in [0, 0.05) is 11.6 Å². The fourth-order valence-corrected chi connectivity index (χ4v) is 4.26. The molecule has 0 unspecified atom stereocenters. The first kappa shape index (κ1) is 22.3. The molecule has 9 nitrogen and oxygen atoms in total. The number of hydrogen-bond acceptors (Lipinski definition) is 7. The highest BCUT2D eigenvalue weighted by Crippen LogP contribution is 2.25. The van der Waals surface area contributed by atoms with E-state index in [-0.39, 0.29) is 12.4 Å². The Morgan fingerprint density at radius 3 is 2.65 bits per heavy atom. The highest BCUT2D eigenvalue weighted by molar-refractivity contribution is 7.92. The lowest BCUT2D eigenvalue weighted by Gasteiger charge is -2.28. The number of rotatable bonds is 8. The van der Waals surface area contributed by atoms with Gasteiger partial charge in [0.25, 0.3) is 0 Å². The zero-order chi connectivity index (χ0) is 22.6. The van der Waals surface area contributed by atoms with Crippen LogP contribution >= 0.6 is 0 Å². The van der Waals surface area contributed by atoms with Gasteiger partial charge in [-0.15, -0.1) is 0 Å². The van der Waals surface area contributed by atoms with Gasteiger partial charge in [-0.05, 0) is 32.0 Å². The van der Waals surface area contributed by atoms with E-state index in [1.54, 1.807) is 24.3 Å². The van der Waals surface area contributed by atoms with Crippen LogP contribution in [0, 0.1) is 6.92 Å². The van der Waals surface area contributed by atoms with Crippen molar-refractivity contribution >= 4 is 21.6 Å². The molecule has 1 aromatic heterocycles. The number of carbonyl (C=O) groups excluding carboxylic acids is 1. The van der Waals surface area contributed by atoms with Gasteiger partial charge in [0.05, 0.1) is 25.6 Å². The number of benzene rings is 2. The van der Waals surface area contributed by atoms with E-state index in [2.05, 4.69) is 15.5 Å². The van der Waals surface area contributed by atoms with Crippen LogP contribution in [0.4, 0.5) is 5.69 Å². The topological polar surface area (TPSA) is 115 Å². The lowest BCUT2D eigenvalue weighted by molar-refractivity contribution is -0.122. The molecule has 31 heavy (non-hydrogen) atoms. The maximum Gasteiger partial charge on any atom is 0.246 e. The SMILES string of the molecule is COc1cccc(N([C@@H](C)C(=O)NCc2nc(-c3cccc(C)c3)no2)S(C)(=O)=O)c1. The highest BCUT2D eigenvalue weighted by atomic mass is 32.2. The van der Waals surface area contributed by atoms with Crippen molar-refractivity contribution in [1.82, 2.24) is 15.5 Å². The van der Waals surface area contributed by atoms with Gasteiger partial charge in [-0.25, -0.2) is 8.42 Å². The van der Waals surface area contributed by atoms with Crippen molar-refractivity contribution in [2.45, 2.75) is 26.4 Å². The summed E-state index contributed by atoms with van der Waals surface area (Å²) in [6, 6.07) is 13.1. The molecule has 0 bridgehead atoms. The predicted molar refractivity (Wildman–Crippen MR) is 116 cm³/mol. The molecule has 0 radical (unpaired) electrons. The molecule has 1 heterocycles. The highest BCUT2D eigenvalue weighted by Gasteiger charge is 2.29. The van der Waals surface area contributed by atoms with Gasteiger partial charge < -0.3 is 14.6 Å². The second-order valence-corrected chi connectivity index (χ2v) is 8.89. The molecule has 0 saturated heterocycles. The monoisotopic (exact) mass is 444 g/mol. The third-order valence-electron chi connectivity index (χ3n) is 4.55. The second kappa shape index (κ2) is 9.17. The van der Waals surface area contributed by atoms with Crippen molar-refractivity contribution in [2.24, 2.45) is 0 Å². The Morgan fingerprint density at radius 2 is 1.97 bits per heavy atom. The normalized spacial score (nSPS) is 12.3. The summed E-state index contributed by atoms with van der Waals surface area (Å²) in [5.74, 6) is 0.594. The largest absolute Gasteiger partial charge is 0.497 e. The minimum absolute atomic E-state index is 0.0301. The summed E-state index contributed by atoms with van der Waals surface area (Å²) in [6.07, 6.45) is 1.04. The van der Waals surface area contributed by atoms with Crippen molar-refractivity contribution in [3.05, 3.63) is 60.0 Å². The summed E-state index contributed by atoms with van der Waals surface area (Å²) in [6.45, 7) is 3.43. The minimum Gasteiger partial charge on any atom is -0.497 e. The van der Waals surface area contributed by atoms with E-state index in [9.17, 15) is 13.2 Å². The Balaban J connectivity index is 1.73. The Kier molecular flexibility index (Phi) is 6.59. The standard InChI is InChI=1S/C21H24N4O5S/c1-14-7-5-8-16(11-14)20-23-19(30-24-20)13-22-21(26)15(2)25(31(4,27)28)17-9-6-10-18(12-17)29-3/h5-12,15H,13H2,1-4H3,(H,22,26)/t15-/m0/s1. The predicted octanol–water partition coefficient (Wildman–Crippen LogP) is 2.52. The Morgan fingerprint density at radius 1 is 1.23 bits per heavy atom.